The van der Waals surface area contributed by atoms with Crippen molar-refractivity contribution in [1.82, 2.24) is 9.58 Å². The van der Waals surface area contributed by atoms with Crippen LogP contribution in [0.25, 0.3) is 0 Å². The highest BCUT2D eigenvalue weighted by Gasteiger charge is 2.39. The van der Waals surface area contributed by atoms with Crippen LogP contribution in [0.4, 0.5) is 4.39 Å². The molecule has 0 saturated heterocycles. The van der Waals surface area contributed by atoms with E-state index < -0.39 is 28.9 Å². The molecule has 2 aromatic carbocycles. The average Bonchev–Trinajstić information content (AvgIpc) is 2.89. The molecule has 0 fully saturated rings. The van der Waals surface area contributed by atoms with Gasteiger partial charge in [0.25, 0.3) is 5.91 Å². The van der Waals surface area contributed by atoms with Gasteiger partial charge in [0.1, 0.15) is 19.3 Å². The minimum atomic E-state index is -0.683. The van der Waals surface area contributed by atoms with Gasteiger partial charge >= 0.3 is 0 Å². The molecule has 0 spiro atoms. The molecule has 9 heteroatoms. The van der Waals surface area contributed by atoms with Crippen molar-refractivity contribution in [3.63, 3.8) is 0 Å². The van der Waals surface area contributed by atoms with E-state index >= 15 is 4.39 Å². The Morgan fingerprint density at radius 1 is 1.14 bits per heavy atom. The summed E-state index contributed by atoms with van der Waals surface area (Å²) in [5.41, 5.74) is 0.475. The van der Waals surface area contributed by atoms with Crippen LogP contribution < -0.4 is 15.2 Å². The van der Waals surface area contributed by atoms with Gasteiger partial charge in [0, 0.05) is 17.8 Å². The Kier molecular flexibility index (Phi) is 5.98. The van der Waals surface area contributed by atoms with Crippen LogP contribution in [0.15, 0.2) is 71.7 Å². The molecule has 2 atom stereocenters. The topological polar surface area (TPSA) is 75.0 Å². The van der Waals surface area contributed by atoms with Crippen LogP contribution in [0.1, 0.15) is 41.0 Å². The van der Waals surface area contributed by atoms with Gasteiger partial charge in [-0.05, 0) is 24.1 Å². The Morgan fingerprint density at radius 2 is 1.91 bits per heavy atom. The largest absolute Gasteiger partial charge is 0.502 e. The van der Waals surface area contributed by atoms with E-state index in [0.717, 1.165) is 5.56 Å². The maximum absolute atomic E-state index is 15.3. The van der Waals surface area contributed by atoms with Gasteiger partial charge in [-0.3, -0.25) is 19.3 Å². The van der Waals surface area contributed by atoms with E-state index in [1.807, 2.05) is 48.3 Å². The summed E-state index contributed by atoms with van der Waals surface area (Å²) in [6.45, 7) is 2.11. The Hall–Kier alpha value is -3.78. The molecule has 7 nitrogen and oxygen atoms in total. The van der Waals surface area contributed by atoms with Crippen LogP contribution in [0.2, 0.25) is 5.02 Å². The number of ether oxygens (including phenoxy) is 1. The van der Waals surface area contributed by atoms with E-state index in [1.165, 1.54) is 23.0 Å². The van der Waals surface area contributed by atoms with Crippen molar-refractivity contribution in [3.05, 3.63) is 105 Å². The van der Waals surface area contributed by atoms with Crippen LogP contribution in [-0.4, -0.2) is 39.9 Å². The maximum Gasteiger partial charge on any atom is 0.278 e. The number of pyridine rings is 1. The standard InChI is InChI=1S/C26H23ClFN3O4/c1-2-17-9-6-14-35-25-18(10-11-19(27)21(25)28)22(16-7-4-3-5-8-16)31-15-29(17)26(34)23-24(33)20(32)12-13-30(23)31/h3-13,17,22,33H,2,14-15H2,1H3/b9-6+/t17-,22+/m0/s1. The van der Waals surface area contributed by atoms with Gasteiger partial charge < -0.3 is 14.7 Å². The number of aromatic hydroxyl groups is 1. The summed E-state index contributed by atoms with van der Waals surface area (Å²) >= 11 is 6.11. The molecule has 0 aliphatic carbocycles. The van der Waals surface area contributed by atoms with Crippen molar-refractivity contribution in [2.24, 2.45) is 0 Å². The summed E-state index contributed by atoms with van der Waals surface area (Å²) in [6, 6.07) is 12.7. The SMILES string of the molecule is CC[C@H]1/C=C/COc2c(ccc(Cl)c2F)[C@@H](c2ccccc2)N2CN1C(=O)c1c(O)c(=O)ccn12. The van der Waals surface area contributed by atoms with Gasteiger partial charge in [-0.1, -0.05) is 61.0 Å². The second-order valence-electron chi connectivity index (χ2n) is 8.39. The quantitative estimate of drug-likeness (QED) is 0.539. The molecule has 2 bridgehead atoms. The molecule has 1 amide bonds. The number of carbonyl (C=O) groups is 1. The number of carbonyl (C=O) groups excluding carboxylic acids is 1. The van der Waals surface area contributed by atoms with Crippen molar-refractivity contribution in [3.8, 4) is 11.5 Å². The molecule has 2 aliphatic rings. The van der Waals surface area contributed by atoms with Crippen molar-refractivity contribution < 1.29 is 19.0 Å². The fraction of sp³-hybridized carbons (Fsp3) is 0.231. The fourth-order valence-electron chi connectivity index (χ4n) is 4.68. The number of benzene rings is 2. The molecule has 5 rings (SSSR count). The van der Waals surface area contributed by atoms with Gasteiger partial charge in [-0.25, -0.2) is 4.39 Å². The van der Waals surface area contributed by atoms with E-state index in [-0.39, 0.29) is 35.8 Å². The summed E-state index contributed by atoms with van der Waals surface area (Å²) in [4.78, 5) is 27.5. The highest BCUT2D eigenvalue weighted by molar-refractivity contribution is 6.30. The summed E-state index contributed by atoms with van der Waals surface area (Å²) < 4.78 is 22.7. The third-order valence-electron chi connectivity index (χ3n) is 6.38. The molecule has 3 aromatic rings. The van der Waals surface area contributed by atoms with Gasteiger partial charge in [-0.15, -0.1) is 0 Å². The number of halogens is 2. The second kappa shape index (κ2) is 9.11. The zero-order valence-electron chi connectivity index (χ0n) is 18.9. The lowest BCUT2D eigenvalue weighted by Crippen LogP contribution is -2.57. The molecule has 0 saturated carbocycles. The third kappa shape index (κ3) is 3.83. The van der Waals surface area contributed by atoms with E-state index in [0.29, 0.717) is 12.0 Å². The van der Waals surface area contributed by atoms with Crippen LogP contribution in [0, 0.1) is 5.82 Å². The molecule has 180 valence electrons. The van der Waals surface area contributed by atoms with Crippen LogP contribution in [-0.2, 0) is 0 Å². The van der Waals surface area contributed by atoms with Crippen molar-refractivity contribution in [1.29, 1.82) is 0 Å². The number of rotatable bonds is 2. The monoisotopic (exact) mass is 495 g/mol. The lowest BCUT2D eigenvalue weighted by molar-refractivity contribution is 0.0626. The fourth-order valence-corrected chi connectivity index (χ4v) is 4.83. The van der Waals surface area contributed by atoms with Gasteiger partial charge in [0.05, 0.1) is 11.1 Å². The summed E-state index contributed by atoms with van der Waals surface area (Å²) in [5.74, 6) is -1.78. The van der Waals surface area contributed by atoms with Gasteiger partial charge in [0.2, 0.25) is 5.43 Å². The van der Waals surface area contributed by atoms with Crippen molar-refractivity contribution >= 4 is 17.5 Å². The number of amides is 1. The van der Waals surface area contributed by atoms with Crippen molar-refractivity contribution in [2.75, 3.05) is 18.3 Å². The van der Waals surface area contributed by atoms with E-state index in [4.69, 9.17) is 16.3 Å². The van der Waals surface area contributed by atoms with Crippen LogP contribution in [0.3, 0.4) is 0 Å². The number of hydrogen-bond acceptors (Lipinski definition) is 5. The molecule has 0 radical (unpaired) electrons. The van der Waals surface area contributed by atoms with Gasteiger partial charge in [-0.2, -0.15) is 0 Å². The molecule has 1 N–H and O–H groups in total. The summed E-state index contributed by atoms with van der Waals surface area (Å²) in [5, 5.41) is 12.4. The molecular formula is C26H23ClFN3O4. The predicted molar refractivity (Wildman–Crippen MR) is 130 cm³/mol. The minimum absolute atomic E-state index is 0.00113. The normalized spacial score (nSPS) is 20.4. The number of nitrogens with zero attached hydrogens (tertiary/aromatic N) is 3. The molecule has 2 aliphatic heterocycles. The lowest BCUT2D eigenvalue weighted by Gasteiger charge is -2.45. The highest BCUT2D eigenvalue weighted by atomic mass is 35.5. The first-order valence-corrected chi connectivity index (χ1v) is 11.6. The number of fused-ring (bicyclic) bond motifs is 5. The Morgan fingerprint density at radius 3 is 2.66 bits per heavy atom. The summed E-state index contributed by atoms with van der Waals surface area (Å²) in [6.07, 6.45) is 5.57. The summed E-state index contributed by atoms with van der Waals surface area (Å²) in [7, 11) is 0. The van der Waals surface area contributed by atoms with E-state index in [1.54, 1.807) is 17.0 Å². The molecule has 0 unspecified atom stereocenters. The van der Waals surface area contributed by atoms with E-state index in [2.05, 4.69) is 0 Å². The highest BCUT2D eigenvalue weighted by Crippen LogP contribution is 2.40. The van der Waals surface area contributed by atoms with Crippen LogP contribution >= 0.6 is 11.6 Å². The first-order chi connectivity index (χ1) is 16.9. The Balaban J connectivity index is 1.84. The predicted octanol–water partition coefficient (Wildman–Crippen LogP) is 4.21. The Labute approximate surface area is 206 Å². The third-order valence-corrected chi connectivity index (χ3v) is 6.67. The first-order valence-electron chi connectivity index (χ1n) is 11.3. The maximum atomic E-state index is 15.3. The lowest BCUT2D eigenvalue weighted by atomic mass is 9.96. The number of aromatic nitrogens is 1. The van der Waals surface area contributed by atoms with Crippen LogP contribution in [0.5, 0.6) is 11.5 Å². The molecular weight excluding hydrogens is 473 g/mol. The molecule has 3 heterocycles. The molecule has 1 aromatic heterocycles. The Bertz CT molecular complexity index is 1380. The van der Waals surface area contributed by atoms with Crippen molar-refractivity contribution in [2.45, 2.75) is 25.4 Å². The smallest absolute Gasteiger partial charge is 0.278 e. The first kappa shape index (κ1) is 23.0. The average molecular weight is 496 g/mol. The zero-order valence-corrected chi connectivity index (χ0v) is 19.7. The van der Waals surface area contributed by atoms with Gasteiger partial charge in [0.15, 0.2) is 23.0 Å². The molecule has 35 heavy (non-hydrogen) atoms. The number of hydrogen-bond donors (Lipinski definition) is 1. The van der Waals surface area contributed by atoms with E-state index in [9.17, 15) is 14.7 Å². The minimum Gasteiger partial charge on any atom is -0.502 e. The zero-order chi connectivity index (χ0) is 24.7. The second-order valence-corrected chi connectivity index (χ2v) is 8.79.